The molecule has 0 spiro atoms. The van der Waals surface area contributed by atoms with Crippen LogP contribution in [0, 0.1) is 11.7 Å². The van der Waals surface area contributed by atoms with Crippen molar-refractivity contribution >= 4 is 21.8 Å². The minimum absolute atomic E-state index is 0.287. The fraction of sp³-hybridized carbons (Fsp3) is 0.500. The van der Waals surface area contributed by atoms with Gasteiger partial charge in [-0.3, -0.25) is 4.79 Å². The summed E-state index contributed by atoms with van der Waals surface area (Å²) in [6.07, 6.45) is 0.770. The highest BCUT2D eigenvalue weighted by molar-refractivity contribution is 9.10. The second kappa shape index (κ2) is 6.48. The number of halogens is 2. The molecular weight excluding hydrogens is 311 g/mol. The van der Waals surface area contributed by atoms with Gasteiger partial charge in [-0.25, -0.2) is 4.39 Å². The van der Waals surface area contributed by atoms with Crippen LogP contribution in [0.15, 0.2) is 22.7 Å². The van der Waals surface area contributed by atoms with Crippen LogP contribution in [-0.2, 0) is 0 Å². The number of benzene rings is 1. The summed E-state index contributed by atoms with van der Waals surface area (Å²) in [5.74, 6) is -0.347. The van der Waals surface area contributed by atoms with E-state index in [4.69, 9.17) is 5.73 Å². The molecule has 0 aliphatic heterocycles. The van der Waals surface area contributed by atoms with E-state index in [0.717, 1.165) is 6.42 Å². The zero-order valence-corrected chi connectivity index (χ0v) is 13.1. The third-order valence-electron chi connectivity index (χ3n) is 2.85. The van der Waals surface area contributed by atoms with Gasteiger partial charge in [0.15, 0.2) is 0 Å². The summed E-state index contributed by atoms with van der Waals surface area (Å²) >= 11 is 3.17. The fourth-order valence-corrected chi connectivity index (χ4v) is 2.58. The number of rotatable bonds is 5. The Morgan fingerprint density at radius 2 is 2.11 bits per heavy atom. The molecule has 0 fully saturated rings. The molecule has 0 saturated carbocycles. The number of hydrogen-bond donors (Lipinski definition) is 2. The first-order valence-electron chi connectivity index (χ1n) is 6.24. The Hall–Kier alpha value is -0.940. The molecule has 3 N–H and O–H groups in total. The summed E-state index contributed by atoms with van der Waals surface area (Å²) in [6.45, 7) is 6.38. The highest BCUT2D eigenvalue weighted by atomic mass is 79.9. The molecule has 5 heteroatoms. The molecule has 1 rings (SSSR count). The zero-order chi connectivity index (χ0) is 14.6. The lowest BCUT2D eigenvalue weighted by molar-refractivity contribution is 0.0897. The molecule has 1 aromatic carbocycles. The molecule has 0 heterocycles. The van der Waals surface area contributed by atoms with Gasteiger partial charge in [-0.2, -0.15) is 0 Å². The van der Waals surface area contributed by atoms with E-state index < -0.39 is 11.4 Å². The average molecular weight is 331 g/mol. The Morgan fingerprint density at radius 3 is 2.58 bits per heavy atom. The molecule has 0 aliphatic carbocycles. The molecule has 0 saturated heterocycles. The first-order chi connectivity index (χ1) is 8.75. The Balaban J connectivity index is 2.88. The molecule has 0 aliphatic rings. The summed E-state index contributed by atoms with van der Waals surface area (Å²) in [6, 6.07) is 4.12. The van der Waals surface area contributed by atoms with E-state index >= 15 is 0 Å². The third-order valence-corrected chi connectivity index (χ3v) is 3.31. The maximum Gasteiger partial charge on any atom is 0.251 e. The van der Waals surface area contributed by atoms with Gasteiger partial charge in [-0.05, 0) is 37.5 Å². The van der Waals surface area contributed by atoms with Crippen LogP contribution in [-0.4, -0.2) is 18.0 Å². The van der Waals surface area contributed by atoms with Crippen molar-refractivity contribution in [2.24, 2.45) is 11.7 Å². The summed E-state index contributed by atoms with van der Waals surface area (Å²) in [5, 5.41) is 2.89. The second-order valence-electron chi connectivity index (χ2n) is 5.48. The topological polar surface area (TPSA) is 55.1 Å². The lowest BCUT2D eigenvalue weighted by atomic mass is 9.90. The molecule has 19 heavy (non-hydrogen) atoms. The predicted molar refractivity (Wildman–Crippen MR) is 78.5 cm³/mol. The third kappa shape index (κ3) is 4.91. The van der Waals surface area contributed by atoms with E-state index in [-0.39, 0.29) is 11.5 Å². The van der Waals surface area contributed by atoms with Gasteiger partial charge in [0, 0.05) is 22.1 Å². The first-order valence-corrected chi connectivity index (χ1v) is 7.04. The second-order valence-corrected chi connectivity index (χ2v) is 6.39. The maximum absolute atomic E-state index is 13.3. The maximum atomic E-state index is 13.3. The molecule has 0 aromatic heterocycles. The molecule has 1 amide bonds. The number of carbonyl (C=O) groups is 1. The van der Waals surface area contributed by atoms with Gasteiger partial charge in [0.05, 0.1) is 0 Å². The van der Waals surface area contributed by atoms with Gasteiger partial charge in [0.2, 0.25) is 0 Å². The van der Waals surface area contributed by atoms with E-state index in [1.807, 2.05) is 6.92 Å². The molecule has 1 aromatic rings. The Kier molecular flexibility index (Phi) is 5.50. The van der Waals surface area contributed by atoms with Gasteiger partial charge in [0.1, 0.15) is 5.82 Å². The van der Waals surface area contributed by atoms with Crippen molar-refractivity contribution in [3.63, 3.8) is 0 Å². The molecule has 106 valence electrons. The SMILES string of the molecule is CC(C)CC(C)(CN)NC(=O)c1cc(F)cc(Br)c1. The van der Waals surface area contributed by atoms with Gasteiger partial charge in [-0.15, -0.1) is 0 Å². The van der Waals surface area contributed by atoms with Crippen LogP contribution in [0.1, 0.15) is 37.6 Å². The van der Waals surface area contributed by atoms with E-state index in [9.17, 15) is 9.18 Å². The van der Waals surface area contributed by atoms with Crippen molar-refractivity contribution in [2.75, 3.05) is 6.54 Å². The van der Waals surface area contributed by atoms with Gasteiger partial charge >= 0.3 is 0 Å². The van der Waals surface area contributed by atoms with Gasteiger partial charge < -0.3 is 11.1 Å². The van der Waals surface area contributed by atoms with Crippen LogP contribution >= 0.6 is 15.9 Å². The Labute approximate surface area is 121 Å². The standard InChI is InChI=1S/C14H20BrFN2O/c1-9(2)7-14(3,8-17)18-13(19)10-4-11(15)6-12(16)5-10/h4-6,9H,7-8,17H2,1-3H3,(H,18,19). The van der Waals surface area contributed by atoms with Crippen molar-refractivity contribution in [3.05, 3.63) is 34.1 Å². The van der Waals surface area contributed by atoms with Crippen LogP contribution in [0.5, 0.6) is 0 Å². The van der Waals surface area contributed by atoms with E-state index in [2.05, 4.69) is 35.1 Å². The summed E-state index contributed by atoms with van der Waals surface area (Å²) in [5.41, 5.74) is 5.55. The lowest BCUT2D eigenvalue weighted by Gasteiger charge is -2.31. The van der Waals surface area contributed by atoms with Crippen molar-refractivity contribution in [2.45, 2.75) is 32.7 Å². The van der Waals surface area contributed by atoms with E-state index in [1.54, 1.807) is 6.07 Å². The van der Waals surface area contributed by atoms with Crippen LogP contribution in [0.2, 0.25) is 0 Å². The predicted octanol–water partition coefficient (Wildman–Crippen LogP) is 3.08. The molecule has 0 radical (unpaired) electrons. The largest absolute Gasteiger partial charge is 0.346 e. The van der Waals surface area contributed by atoms with E-state index in [1.165, 1.54) is 12.1 Å². The Morgan fingerprint density at radius 1 is 1.47 bits per heavy atom. The summed E-state index contributed by atoms with van der Waals surface area (Å²) < 4.78 is 13.8. The zero-order valence-electron chi connectivity index (χ0n) is 11.5. The van der Waals surface area contributed by atoms with Crippen LogP contribution < -0.4 is 11.1 Å². The monoisotopic (exact) mass is 330 g/mol. The number of nitrogens with one attached hydrogen (secondary N) is 1. The van der Waals surface area contributed by atoms with Gasteiger partial charge in [-0.1, -0.05) is 29.8 Å². The van der Waals surface area contributed by atoms with Crippen molar-refractivity contribution in [1.29, 1.82) is 0 Å². The highest BCUT2D eigenvalue weighted by Crippen LogP contribution is 2.18. The van der Waals surface area contributed by atoms with Crippen molar-refractivity contribution in [1.82, 2.24) is 5.32 Å². The van der Waals surface area contributed by atoms with Crippen LogP contribution in [0.3, 0.4) is 0 Å². The number of nitrogens with two attached hydrogens (primary N) is 1. The fourth-order valence-electron chi connectivity index (χ4n) is 2.12. The van der Waals surface area contributed by atoms with Gasteiger partial charge in [0.25, 0.3) is 5.91 Å². The Bertz CT molecular complexity index is 445. The highest BCUT2D eigenvalue weighted by Gasteiger charge is 2.26. The average Bonchev–Trinajstić information content (AvgIpc) is 2.26. The minimum Gasteiger partial charge on any atom is -0.346 e. The smallest absolute Gasteiger partial charge is 0.251 e. The van der Waals surface area contributed by atoms with Crippen molar-refractivity contribution < 1.29 is 9.18 Å². The van der Waals surface area contributed by atoms with Crippen LogP contribution in [0.25, 0.3) is 0 Å². The molecule has 1 atom stereocenters. The van der Waals surface area contributed by atoms with Crippen molar-refractivity contribution in [3.8, 4) is 0 Å². The lowest BCUT2D eigenvalue weighted by Crippen LogP contribution is -2.52. The molecule has 0 bridgehead atoms. The number of amides is 1. The number of hydrogen-bond acceptors (Lipinski definition) is 2. The summed E-state index contributed by atoms with van der Waals surface area (Å²) in [4.78, 5) is 12.2. The molecule has 1 unspecified atom stereocenters. The van der Waals surface area contributed by atoms with E-state index in [0.29, 0.717) is 16.9 Å². The molecule has 3 nitrogen and oxygen atoms in total. The summed E-state index contributed by atoms with van der Waals surface area (Å²) in [7, 11) is 0. The first kappa shape index (κ1) is 16.1. The molecular formula is C14H20BrFN2O. The number of carbonyl (C=O) groups excluding carboxylic acids is 1. The normalized spacial score (nSPS) is 14.3. The quantitative estimate of drug-likeness (QED) is 0.871. The van der Waals surface area contributed by atoms with Crippen LogP contribution in [0.4, 0.5) is 4.39 Å². The minimum atomic E-state index is -0.482.